The lowest BCUT2D eigenvalue weighted by Crippen LogP contribution is -2.12. The molecule has 0 fully saturated rings. The van der Waals surface area contributed by atoms with Crippen LogP contribution >= 0.6 is 11.6 Å². The fourth-order valence-corrected chi connectivity index (χ4v) is 2.04. The summed E-state index contributed by atoms with van der Waals surface area (Å²) >= 11 is 6.12. The molecule has 0 radical (unpaired) electrons. The van der Waals surface area contributed by atoms with Crippen LogP contribution in [-0.4, -0.2) is 10.9 Å². The van der Waals surface area contributed by atoms with Crippen molar-refractivity contribution in [2.45, 2.75) is 13.8 Å². The molecule has 2 rings (SSSR count). The van der Waals surface area contributed by atoms with E-state index < -0.39 is 5.91 Å². The number of primary amides is 1. The number of rotatable bonds is 1. The van der Waals surface area contributed by atoms with Gasteiger partial charge in [0.15, 0.2) is 0 Å². The number of aryl methyl sites for hydroxylation is 2. The zero-order chi connectivity index (χ0) is 11.9. The predicted octanol–water partition coefficient (Wildman–Crippen LogP) is 2.60. The summed E-state index contributed by atoms with van der Waals surface area (Å²) in [6, 6.07) is 5.40. The Balaban J connectivity index is 2.95. The van der Waals surface area contributed by atoms with Crippen molar-refractivity contribution in [3.05, 3.63) is 40.0 Å². The van der Waals surface area contributed by atoms with Crippen molar-refractivity contribution in [3.63, 3.8) is 0 Å². The Kier molecular flexibility index (Phi) is 2.56. The molecule has 0 saturated heterocycles. The quantitative estimate of drug-likeness (QED) is 0.825. The summed E-state index contributed by atoms with van der Waals surface area (Å²) in [6.07, 6.45) is 0. The van der Waals surface area contributed by atoms with Crippen molar-refractivity contribution < 1.29 is 4.79 Å². The highest BCUT2D eigenvalue weighted by molar-refractivity contribution is 6.35. The molecule has 0 atom stereocenters. The van der Waals surface area contributed by atoms with E-state index in [1.54, 1.807) is 12.1 Å². The monoisotopic (exact) mass is 234 g/mol. The number of carbonyl (C=O) groups excluding carboxylic acids is 1. The molecule has 0 spiro atoms. The van der Waals surface area contributed by atoms with Gasteiger partial charge in [-0.2, -0.15) is 0 Å². The average Bonchev–Trinajstić information content (AvgIpc) is 2.18. The van der Waals surface area contributed by atoms with E-state index in [-0.39, 0.29) is 0 Å². The van der Waals surface area contributed by atoms with Crippen LogP contribution in [0.3, 0.4) is 0 Å². The van der Waals surface area contributed by atoms with Gasteiger partial charge < -0.3 is 5.73 Å². The van der Waals surface area contributed by atoms with Gasteiger partial charge in [0.2, 0.25) is 0 Å². The fourth-order valence-electron chi connectivity index (χ4n) is 1.74. The number of nitrogens with two attached hydrogens (primary N) is 1. The molecule has 1 heterocycles. The van der Waals surface area contributed by atoms with Crippen molar-refractivity contribution in [1.82, 2.24) is 4.98 Å². The van der Waals surface area contributed by atoms with Gasteiger partial charge in [-0.15, -0.1) is 0 Å². The highest BCUT2D eigenvalue weighted by atomic mass is 35.5. The van der Waals surface area contributed by atoms with Gasteiger partial charge in [-0.3, -0.25) is 9.78 Å². The second-order valence-corrected chi connectivity index (χ2v) is 4.23. The lowest BCUT2D eigenvalue weighted by molar-refractivity contribution is 0.100. The minimum atomic E-state index is -0.483. The normalized spacial score (nSPS) is 10.7. The molecule has 2 aromatic rings. The van der Waals surface area contributed by atoms with Crippen molar-refractivity contribution in [1.29, 1.82) is 0 Å². The fraction of sp³-hybridized carbons (Fsp3) is 0.167. The molecule has 82 valence electrons. The van der Waals surface area contributed by atoms with Crippen LogP contribution in [0.25, 0.3) is 10.9 Å². The molecular formula is C12H11ClN2O. The van der Waals surface area contributed by atoms with E-state index in [0.29, 0.717) is 16.1 Å². The highest BCUT2D eigenvalue weighted by Gasteiger charge is 2.11. The highest BCUT2D eigenvalue weighted by Crippen LogP contribution is 2.26. The zero-order valence-electron chi connectivity index (χ0n) is 9.04. The van der Waals surface area contributed by atoms with Crippen LogP contribution in [0.4, 0.5) is 0 Å². The molecule has 0 saturated carbocycles. The average molecular weight is 235 g/mol. The molecule has 3 nitrogen and oxygen atoms in total. The number of hydrogen-bond acceptors (Lipinski definition) is 2. The molecular weight excluding hydrogens is 224 g/mol. The lowest BCUT2D eigenvalue weighted by atomic mass is 10.0. The first-order valence-electron chi connectivity index (χ1n) is 4.86. The van der Waals surface area contributed by atoms with E-state index in [4.69, 9.17) is 17.3 Å². The number of aromatic nitrogens is 1. The maximum atomic E-state index is 11.3. The maximum Gasteiger partial charge on any atom is 0.250 e. The minimum Gasteiger partial charge on any atom is -0.366 e. The van der Waals surface area contributed by atoms with Crippen LogP contribution in [0.15, 0.2) is 18.2 Å². The standard InChI is InChI=1S/C12H11ClN2O/c1-6-3-8-10(13)5-7(2)15-11(8)9(4-6)12(14)16/h3-5H,1-2H3,(H2,14,16). The number of hydrogen-bond donors (Lipinski definition) is 1. The first kappa shape index (κ1) is 10.9. The molecule has 1 aromatic heterocycles. The molecule has 0 bridgehead atoms. The summed E-state index contributed by atoms with van der Waals surface area (Å²) in [6.45, 7) is 3.72. The topological polar surface area (TPSA) is 56.0 Å². The molecule has 0 aliphatic carbocycles. The minimum absolute atomic E-state index is 0.417. The van der Waals surface area contributed by atoms with Gasteiger partial charge in [0, 0.05) is 11.1 Å². The first-order chi connectivity index (χ1) is 7.49. The third-order valence-corrected chi connectivity index (χ3v) is 2.71. The summed E-state index contributed by atoms with van der Waals surface area (Å²) in [4.78, 5) is 15.6. The van der Waals surface area contributed by atoms with Crippen LogP contribution in [0, 0.1) is 13.8 Å². The van der Waals surface area contributed by atoms with Gasteiger partial charge in [0.1, 0.15) is 0 Å². The summed E-state index contributed by atoms with van der Waals surface area (Å²) in [7, 11) is 0. The van der Waals surface area contributed by atoms with Crippen LogP contribution in [0.5, 0.6) is 0 Å². The number of carbonyl (C=O) groups is 1. The molecule has 1 amide bonds. The smallest absolute Gasteiger partial charge is 0.250 e. The molecule has 0 unspecified atom stereocenters. The largest absolute Gasteiger partial charge is 0.366 e. The van der Waals surface area contributed by atoms with Crippen molar-refractivity contribution in [2.24, 2.45) is 5.73 Å². The number of fused-ring (bicyclic) bond motifs is 1. The van der Waals surface area contributed by atoms with Crippen LogP contribution in [-0.2, 0) is 0 Å². The van der Waals surface area contributed by atoms with Crippen molar-refractivity contribution in [2.75, 3.05) is 0 Å². The van der Waals surface area contributed by atoms with Crippen molar-refractivity contribution in [3.8, 4) is 0 Å². The number of nitrogens with zero attached hydrogens (tertiary/aromatic N) is 1. The predicted molar refractivity (Wildman–Crippen MR) is 64.7 cm³/mol. The number of benzene rings is 1. The number of amides is 1. The third-order valence-electron chi connectivity index (χ3n) is 2.40. The second-order valence-electron chi connectivity index (χ2n) is 3.82. The van der Waals surface area contributed by atoms with Crippen LogP contribution in [0.2, 0.25) is 5.02 Å². The summed E-state index contributed by atoms with van der Waals surface area (Å²) in [5, 5.41) is 1.36. The number of pyridine rings is 1. The summed E-state index contributed by atoms with van der Waals surface area (Å²) < 4.78 is 0. The van der Waals surface area contributed by atoms with Gasteiger partial charge >= 0.3 is 0 Å². The van der Waals surface area contributed by atoms with Crippen molar-refractivity contribution >= 4 is 28.4 Å². The van der Waals surface area contributed by atoms with Gasteiger partial charge in [-0.25, -0.2) is 0 Å². The third kappa shape index (κ3) is 1.74. The van der Waals surface area contributed by atoms with Crippen LogP contribution < -0.4 is 5.73 Å². The number of halogens is 1. The van der Waals surface area contributed by atoms with Gasteiger partial charge in [0.05, 0.1) is 16.1 Å². The van der Waals surface area contributed by atoms with E-state index in [1.807, 2.05) is 19.9 Å². The summed E-state index contributed by atoms with van der Waals surface area (Å²) in [5.41, 5.74) is 8.02. The maximum absolute atomic E-state index is 11.3. The molecule has 2 N–H and O–H groups in total. The first-order valence-corrected chi connectivity index (χ1v) is 5.24. The van der Waals surface area contributed by atoms with E-state index >= 15 is 0 Å². The lowest BCUT2D eigenvalue weighted by Gasteiger charge is -2.07. The van der Waals surface area contributed by atoms with Gasteiger partial charge in [-0.05, 0) is 37.6 Å². The molecule has 0 aliphatic heterocycles. The van der Waals surface area contributed by atoms with E-state index in [2.05, 4.69) is 4.98 Å². The Hall–Kier alpha value is -1.61. The van der Waals surface area contributed by atoms with E-state index in [9.17, 15) is 4.79 Å². The Bertz CT molecular complexity index is 593. The van der Waals surface area contributed by atoms with Gasteiger partial charge in [0.25, 0.3) is 5.91 Å². The Morgan fingerprint density at radius 3 is 2.62 bits per heavy atom. The Labute approximate surface area is 98.2 Å². The van der Waals surface area contributed by atoms with Gasteiger partial charge in [-0.1, -0.05) is 11.6 Å². The van der Waals surface area contributed by atoms with E-state index in [0.717, 1.165) is 16.6 Å². The Morgan fingerprint density at radius 2 is 2.00 bits per heavy atom. The summed E-state index contributed by atoms with van der Waals surface area (Å²) in [5.74, 6) is -0.483. The molecule has 4 heteroatoms. The molecule has 16 heavy (non-hydrogen) atoms. The molecule has 0 aliphatic rings. The zero-order valence-corrected chi connectivity index (χ0v) is 9.80. The van der Waals surface area contributed by atoms with E-state index in [1.165, 1.54) is 0 Å². The molecule has 1 aromatic carbocycles. The Morgan fingerprint density at radius 1 is 1.31 bits per heavy atom. The SMILES string of the molecule is Cc1cc(C(N)=O)c2nc(C)cc(Cl)c2c1. The van der Waals surface area contributed by atoms with Crippen LogP contribution in [0.1, 0.15) is 21.6 Å². The second kappa shape index (κ2) is 3.76.